The Morgan fingerprint density at radius 3 is 2.39 bits per heavy atom. The van der Waals surface area contributed by atoms with Crippen LogP contribution in [0.15, 0.2) is 30.3 Å². The topological polar surface area (TPSA) is 101 Å². The fraction of sp³-hybridized carbons (Fsp3) is 0.400. The number of unbranched alkanes of at least 4 members (excludes halogenated alkanes) is 5. The Morgan fingerprint density at radius 2 is 1.64 bits per heavy atom. The van der Waals surface area contributed by atoms with Crippen LogP contribution in [0.3, 0.4) is 0 Å². The van der Waals surface area contributed by atoms with E-state index < -0.39 is 21.9 Å². The van der Waals surface area contributed by atoms with Gasteiger partial charge in [-0.05, 0) is 30.0 Å². The number of hydroxylamine groups is 2. The van der Waals surface area contributed by atoms with Crippen molar-refractivity contribution in [2.45, 2.75) is 45.4 Å². The van der Waals surface area contributed by atoms with Crippen LogP contribution in [0.5, 0.6) is 5.75 Å². The molecule has 0 fully saturated rings. The molecule has 0 atom stereocenters. The number of hydrogen-bond donors (Lipinski definition) is 1. The molecule has 1 aliphatic rings. The van der Waals surface area contributed by atoms with Crippen molar-refractivity contribution in [3.63, 3.8) is 0 Å². The van der Waals surface area contributed by atoms with Crippen LogP contribution in [-0.2, 0) is 10.1 Å². The van der Waals surface area contributed by atoms with Crippen LogP contribution in [0.4, 0.5) is 0 Å². The molecule has 2 aromatic carbocycles. The van der Waals surface area contributed by atoms with E-state index in [1.54, 1.807) is 12.1 Å². The minimum Gasteiger partial charge on any atom is -0.382 e. The van der Waals surface area contributed by atoms with Crippen molar-refractivity contribution in [2.75, 3.05) is 5.75 Å². The van der Waals surface area contributed by atoms with Crippen molar-refractivity contribution >= 4 is 32.7 Å². The van der Waals surface area contributed by atoms with E-state index in [2.05, 4.69) is 6.92 Å². The van der Waals surface area contributed by atoms with Crippen molar-refractivity contribution in [1.82, 2.24) is 5.06 Å². The van der Waals surface area contributed by atoms with Gasteiger partial charge in [0.1, 0.15) is 5.75 Å². The molecular formula is C20H23NO6S. The molecule has 0 aliphatic carbocycles. The second kappa shape index (κ2) is 8.28. The summed E-state index contributed by atoms with van der Waals surface area (Å²) in [7, 11) is -3.81. The molecule has 0 unspecified atom stereocenters. The van der Waals surface area contributed by atoms with Gasteiger partial charge in [0, 0.05) is 5.39 Å². The fourth-order valence-electron chi connectivity index (χ4n) is 3.36. The lowest BCUT2D eigenvalue weighted by molar-refractivity contribution is -0.0377. The average molecular weight is 405 g/mol. The van der Waals surface area contributed by atoms with E-state index in [0.29, 0.717) is 17.2 Å². The van der Waals surface area contributed by atoms with Crippen molar-refractivity contribution in [3.05, 3.63) is 41.5 Å². The first-order valence-corrected chi connectivity index (χ1v) is 11.0. The van der Waals surface area contributed by atoms with Crippen molar-refractivity contribution < 1.29 is 27.4 Å². The second-order valence-electron chi connectivity index (χ2n) is 6.91. The fourth-order valence-corrected chi connectivity index (χ4v) is 4.39. The third kappa shape index (κ3) is 4.18. The average Bonchev–Trinajstić information content (AvgIpc) is 2.66. The summed E-state index contributed by atoms with van der Waals surface area (Å²) in [5, 5.41) is 10.7. The summed E-state index contributed by atoms with van der Waals surface area (Å²) in [4.78, 5) is 24.3. The summed E-state index contributed by atoms with van der Waals surface area (Å²) < 4.78 is 29.8. The lowest BCUT2D eigenvalue weighted by Crippen LogP contribution is -2.37. The van der Waals surface area contributed by atoms with E-state index >= 15 is 0 Å². The predicted molar refractivity (Wildman–Crippen MR) is 104 cm³/mol. The molecule has 1 N–H and O–H groups in total. The van der Waals surface area contributed by atoms with Crippen LogP contribution in [-0.4, -0.2) is 36.3 Å². The summed E-state index contributed by atoms with van der Waals surface area (Å²) in [5.74, 6) is -1.84. The van der Waals surface area contributed by atoms with Gasteiger partial charge in [0.05, 0.1) is 16.9 Å². The highest BCUT2D eigenvalue weighted by atomic mass is 32.2. The van der Waals surface area contributed by atoms with Crippen molar-refractivity contribution in [2.24, 2.45) is 0 Å². The summed E-state index contributed by atoms with van der Waals surface area (Å²) in [5.41, 5.74) is 0.205. The normalized spacial score (nSPS) is 14.0. The number of rotatable bonds is 9. The molecule has 1 heterocycles. The maximum atomic E-state index is 12.3. The molecule has 2 amide bonds. The SMILES string of the molecule is CCCCCCCCS(=O)(=O)Oc1cc2c3c(cccc3c1)C(=O)N(O)C2=O. The molecule has 7 nitrogen and oxygen atoms in total. The zero-order chi connectivity index (χ0) is 20.3. The highest BCUT2D eigenvalue weighted by Gasteiger charge is 2.32. The van der Waals surface area contributed by atoms with Gasteiger partial charge in [-0.15, -0.1) is 5.06 Å². The van der Waals surface area contributed by atoms with Gasteiger partial charge in [0.2, 0.25) is 0 Å². The Balaban J connectivity index is 1.80. The molecule has 8 heteroatoms. The van der Waals surface area contributed by atoms with E-state index in [4.69, 9.17) is 4.18 Å². The maximum Gasteiger partial charge on any atom is 0.309 e. The Kier molecular flexibility index (Phi) is 6.00. The van der Waals surface area contributed by atoms with Crippen LogP contribution >= 0.6 is 0 Å². The molecule has 3 rings (SSSR count). The van der Waals surface area contributed by atoms with Crippen LogP contribution < -0.4 is 4.18 Å². The summed E-state index contributed by atoms with van der Waals surface area (Å²) >= 11 is 0. The monoisotopic (exact) mass is 405 g/mol. The third-order valence-corrected chi connectivity index (χ3v) is 6.00. The van der Waals surface area contributed by atoms with Crippen LogP contribution in [0.2, 0.25) is 0 Å². The van der Waals surface area contributed by atoms with E-state index in [1.807, 2.05) is 0 Å². The molecule has 2 aromatic rings. The first-order valence-electron chi connectivity index (χ1n) is 9.40. The van der Waals surface area contributed by atoms with E-state index in [-0.39, 0.29) is 27.7 Å². The van der Waals surface area contributed by atoms with Crippen LogP contribution in [0.1, 0.15) is 66.2 Å². The lowest BCUT2D eigenvalue weighted by atomic mass is 9.95. The standard InChI is InChI=1S/C20H23NO6S/c1-2-3-4-5-6-7-11-28(25,26)27-15-12-14-9-8-10-16-18(14)17(13-15)20(23)21(24)19(16)22/h8-10,12-13,24H,2-7,11H2,1H3. The Labute approximate surface area is 164 Å². The maximum absolute atomic E-state index is 12.3. The Hall–Kier alpha value is -2.45. The molecule has 28 heavy (non-hydrogen) atoms. The highest BCUT2D eigenvalue weighted by molar-refractivity contribution is 7.87. The molecule has 0 saturated carbocycles. The molecular weight excluding hydrogens is 382 g/mol. The summed E-state index contributed by atoms with van der Waals surface area (Å²) in [6.07, 6.45) is 5.67. The molecule has 0 bridgehead atoms. The van der Waals surface area contributed by atoms with Gasteiger partial charge in [-0.2, -0.15) is 8.42 Å². The number of carbonyl (C=O) groups excluding carboxylic acids is 2. The molecule has 150 valence electrons. The molecule has 0 saturated heterocycles. The third-order valence-electron chi connectivity index (χ3n) is 4.77. The van der Waals surface area contributed by atoms with E-state index in [1.165, 1.54) is 18.2 Å². The first kappa shape index (κ1) is 20.3. The van der Waals surface area contributed by atoms with Gasteiger partial charge in [-0.3, -0.25) is 14.8 Å². The highest BCUT2D eigenvalue weighted by Crippen LogP contribution is 2.33. The van der Waals surface area contributed by atoms with E-state index in [9.17, 15) is 23.2 Å². The summed E-state index contributed by atoms with van der Waals surface area (Å²) in [6, 6.07) is 7.48. The number of amides is 2. The molecule has 1 aliphatic heterocycles. The minimum atomic E-state index is -3.81. The van der Waals surface area contributed by atoms with Gasteiger partial charge in [-0.1, -0.05) is 51.2 Å². The van der Waals surface area contributed by atoms with Gasteiger partial charge in [0.25, 0.3) is 11.8 Å². The van der Waals surface area contributed by atoms with Gasteiger partial charge < -0.3 is 4.18 Å². The van der Waals surface area contributed by atoms with Crippen molar-refractivity contribution in [1.29, 1.82) is 0 Å². The lowest BCUT2D eigenvalue weighted by Gasteiger charge is -2.22. The zero-order valence-corrected chi connectivity index (χ0v) is 16.5. The number of benzene rings is 2. The van der Waals surface area contributed by atoms with E-state index in [0.717, 1.165) is 32.1 Å². The molecule has 0 spiro atoms. The van der Waals surface area contributed by atoms with Gasteiger partial charge in [-0.25, -0.2) is 0 Å². The number of hydrogen-bond acceptors (Lipinski definition) is 6. The van der Waals surface area contributed by atoms with Crippen LogP contribution in [0, 0.1) is 0 Å². The number of nitrogens with zero attached hydrogens (tertiary/aromatic N) is 1. The van der Waals surface area contributed by atoms with Gasteiger partial charge >= 0.3 is 10.1 Å². The smallest absolute Gasteiger partial charge is 0.309 e. The first-order chi connectivity index (χ1) is 13.3. The Morgan fingerprint density at radius 1 is 0.964 bits per heavy atom. The minimum absolute atomic E-state index is 0.0123. The summed E-state index contributed by atoms with van der Waals surface area (Å²) in [6.45, 7) is 2.12. The number of imide groups is 1. The van der Waals surface area contributed by atoms with Gasteiger partial charge in [0.15, 0.2) is 0 Å². The predicted octanol–water partition coefficient (Wildman–Crippen LogP) is 3.89. The molecule has 0 aromatic heterocycles. The quantitative estimate of drug-likeness (QED) is 0.294. The van der Waals surface area contributed by atoms with Crippen LogP contribution in [0.25, 0.3) is 10.8 Å². The number of carbonyl (C=O) groups is 2. The second-order valence-corrected chi connectivity index (χ2v) is 8.60. The largest absolute Gasteiger partial charge is 0.382 e. The Bertz CT molecular complexity index is 1010. The zero-order valence-electron chi connectivity index (χ0n) is 15.7. The van der Waals surface area contributed by atoms with Crippen molar-refractivity contribution in [3.8, 4) is 5.75 Å². The molecule has 0 radical (unpaired) electrons.